The van der Waals surface area contributed by atoms with Crippen molar-refractivity contribution in [2.75, 3.05) is 6.54 Å². The highest BCUT2D eigenvalue weighted by atomic mass is 16.2. The van der Waals surface area contributed by atoms with E-state index in [0.29, 0.717) is 25.1 Å². The number of hydrogen-bond donors (Lipinski definition) is 3. The second kappa shape index (κ2) is 3.82. The second-order valence-corrected chi connectivity index (χ2v) is 2.35. The molecule has 66 valence electrons. The van der Waals surface area contributed by atoms with Crippen LogP contribution in [-0.4, -0.2) is 21.7 Å². The minimum atomic E-state index is -0.587. The Balaban J connectivity index is 2.87. The van der Waals surface area contributed by atoms with Crippen molar-refractivity contribution >= 4 is 0 Å². The van der Waals surface area contributed by atoms with E-state index in [9.17, 15) is 9.59 Å². The highest BCUT2D eigenvalue weighted by Crippen LogP contribution is 1.85. The first-order chi connectivity index (χ1) is 5.74. The zero-order valence-electron chi connectivity index (χ0n) is 6.46. The van der Waals surface area contributed by atoms with Gasteiger partial charge in [-0.2, -0.15) is 5.10 Å². The van der Waals surface area contributed by atoms with Crippen LogP contribution in [0.4, 0.5) is 0 Å². The van der Waals surface area contributed by atoms with E-state index in [0.717, 1.165) is 0 Å². The maximum Gasteiger partial charge on any atom is 0.342 e. The fraction of sp³-hybridized carbons (Fsp3) is 0.500. The Morgan fingerprint density at radius 3 is 2.75 bits per heavy atom. The molecule has 0 saturated carbocycles. The van der Waals surface area contributed by atoms with E-state index in [-0.39, 0.29) is 0 Å². The van der Waals surface area contributed by atoms with Gasteiger partial charge < -0.3 is 5.73 Å². The molecule has 1 aromatic heterocycles. The zero-order chi connectivity index (χ0) is 8.97. The monoisotopic (exact) mass is 170 g/mol. The lowest BCUT2D eigenvalue weighted by Crippen LogP contribution is -2.27. The molecule has 0 aliphatic heterocycles. The largest absolute Gasteiger partial charge is 0.342 e. The predicted octanol–water partition coefficient (Wildman–Crippen LogP) is -1.65. The summed E-state index contributed by atoms with van der Waals surface area (Å²) in [5, 5.41) is 5.73. The molecule has 0 bridgehead atoms. The average Bonchev–Trinajstić information content (AvgIpc) is 2.03. The third kappa shape index (κ3) is 2.03. The molecule has 1 heterocycles. The average molecular weight is 170 g/mol. The molecule has 6 nitrogen and oxygen atoms in total. The van der Waals surface area contributed by atoms with Gasteiger partial charge in [-0.05, 0) is 19.4 Å². The Morgan fingerprint density at radius 1 is 1.42 bits per heavy atom. The second-order valence-electron chi connectivity index (χ2n) is 2.35. The van der Waals surface area contributed by atoms with Gasteiger partial charge in [0.15, 0.2) is 0 Å². The van der Waals surface area contributed by atoms with Gasteiger partial charge in [0.2, 0.25) is 0 Å². The molecule has 1 aromatic rings. The zero-order valence-corrected chi connectivity index (χ0v) is 6.46. The Morgan fingerprint density at radius 2 is 2.17 bits per heavy atom. The van der Waals surface area contributed by atoms with Crippen LogP contribution < -0.4 is 17.0 Å². The number of hydrogen-bond acceptors (Lipinski definition) is 4. The molecule has 0 fully saturated rings. The smallest absolute Gasteiger partial charge is 0.330 e. The number of rotatable bonds is 3. The summed E-state index contributed by atoms with van der Waals surface area (Å²) in [6, 6.07) is 0. The van der Waals surface area contributed by atoms with Crippen LogP contribution in [0, 0.1) is 0 Å². The van der Waals surface area contributed by atoms with Crippen molar-refractivity contribution in [3.05, 3.63) is 26.5 Å². The normalized spacial score (nSPS) is 10.1. The van der Waals surface area contributed by atoms with Crippen molar-refractivity contribution in [3.8, 4) is 0 Å². The van der Waals surface area contributed by atoms with Crippen LogP contribution >= 0.6 is 0 Å². The molecule has 0 radical (unpaired) electrons. The van der Waals surface area contributed by atoms with Gasteiger partial charge in [-0.1, -0.05) is 0 Å². The molecule has 0 aliphatic carbocycles. The Kier molecular flexibility index (Phi) is 2.76. The van der Waals surface area contributed by atoms with Crippen LogP contribution in [0.3, 0.4) is 0 Å². The van der Waals surface area contributed by atoms with Gasteiger partial charge in [0.25, 0.3) is 5.56 Å². The lowest BCUT2D eigenvalue weighted by atomic mass is 10.2. The summed E-state index contributed by atoms with van der Waals surface area (Å²) < 4.78 is 0. The summed E-state index contributed by atoms with van der Waals surface area (Å²) in [4.78, 5) is 23.6. The van der Waals surface area contributed by atoms with Gasteiger partial charge in [-0.15, -0.1) is 0 Å². The minimum absolute atomic E-state index is 0.319. The number of aromatic amines is 2. The lowest BCUT2D eigenvalue weighted by Gasteiger charge is -1.94. The number of aromatic nitrogens is 3. The lowest BCUT2D eigenvalue weighted by molar-refractivity contribution is 0.748. The van der Waals surface area contributed by atoms with E-state index >= 15 is 0 Å². The number of nitrogens with zero attached hydrogens (tertiary/aromatic N) is 1. The maximum absolute atomic E-state index is 11.0. The minimum Gasteiger partial charge on any atom is -0.330 e. The molecular weight excluding hydrogens is 160 g/mol. The van der Waals surface area contributed by atoms with Crippen molar-refractivity contribution in [1.82, 2.24) is 15.2 Å². The van der Waals surface area contributed by atoms with Crippen molar-refractivity contribution in [2.45, 2.75) is 12.8 Å². The van der Waals surface area contributed by atoms with Gasteiger partial charge in [0, 0.05) is 0 Å². The SMILES string of the molecule is NCCCc1n[nH]c(=O)[nH]c1=O. The third-order valence-corrected chi connectivity index (χ3v) is 1.40. The molecule has 6 heteroatoms. The standard InChI is InChI=1S/C6H10N4O2/c7-3-1-2-4-5(11)8-6(12)10-9-4/h1-3,7H2,(H2,8,10,11,12). The van der Waals surface area contributed by atoms with E-state index in [1.165, 1.54) is 0 Å². The Bertz CT molecular complexity index is 353. The van der Waals surface area contributed by atoms with E-state index in [2.05, 4.69) is 15.2 Å². The van der Waals surface area contributed by atoms with Crippen LogP contribution in [0.2, 0.25) is 0 Å². The Labute approximate surface area is 67.8 Å². The fourth-order valence-corrected chi connectivity index (χ4v) is 0.811. The van der Waals surface area contributed by atoms with E-state index < -0.39 is 11.2 Å². The summed E-state index contributed by atoms with van der Waals surface area (Å²) in [6.07, 6.45) is 1.17. The fourth-order valence-electron chi connectivity index (χ4n) is 0.811. The molecule has 0 unspecified atom stereocenters. The number of aryl methyl sites for hydroxylation is 1. The number of nitrogens with two attached hydrogens (primary N) is 1. The Hall–Kier alpha value is -1.43. The highest BCUT2D eigenvalue weighted by molar-refractivity contribution is 4.91. The molecule has 0 saturated heterocycles. The quantitative estimate of drug-likeness (QED) is 0.505. The number of H-pyrrole nitrogens is 2. The van der Waals surface area contributed by atoms with Crippen LogP contribution in [0.15, 0.2) is 9.59 Å². The summed E-state index contributed by atoms with van der Waals surface area (Å²) in [6.45, 7) is 0.500. The van der Waals surface area contributed by atoms with Crippen molar-refractivity contribution in [1.29, 1.82) is 0 Å². The van der Waals surface area contributed by atoms with Crippen molar-refractivity contribution in [3.63, 3.8) is 0 Å². The molecule has 1 rings (SSSR count). The summed E-state index contributed by atoms with van der Waals surface area (Å²) in [7, 11) is 0. The van der Waals surface area contributed by atoms with Crippen LogP contribution in [-0.2, 0) is 6.42 Å². The third-order valence-electron chi connectivity index (χ3n) is 1.40. The van der Waals surface area contributed by atoms with Gasteiger partial charge in [0.1, 0.15) is 5.69 Å². The first-order valence-corrected chi connectivity index (χ1v) is 3.62. The van der Waals surface area contributed by atoms with Gasteiger partial charge >= 0.3 is 5.69 Å². The molecule has 4 N–H and O–H groups in total. The predicted molar refractivity (Wildman–Crippen MR) is 42.9 cm³/mol. The first kappa shape index (κ1) is 8.66. The number of nitrogens with one attached hydrogen (secondary N) is 2. The van der Waals surface area contributed by atoms with Crippen molar-refractivity contribution < 1.29 is 0 Å². The molecular formula is C6H10N4O2. The summed E-state index contributed by atoms with van der Waals surface area (Å²) >= 11 is 0. The highest BCUT2D eigenvalue weighted by Gasteiger charge is 1.99. The van der Waals surface area contributed by atoms with Crippen LogP contribution in [0.1, 0.15) is 12.1 Å². The maximum atomic E-state index is 11.0. The molecule has 12 heavy (non-hydrogen) atoms. The molecule has 0 aromatic carbocycles. The van der Waals surface area contributed by atoms with E-state index in [4.69, 9.17) is 5.73 Å². The topological polar surface area (TPSA) is 105 Å². The molecule has 0 aliphatic rings. The van der Waals surface area contributed by atoms with Gasteiger partial charge in [-0.3, -0.25) is 9.78 Å². The van der Waals surface area contributed by atoms with Crippen LogP contribution in [0.5, 0.6) is 0 Å². The van der Waals surface area contributed by atoms with Crippen molar-refractivity contribution in [2.24, 2.45) is 5.73 Å². The summed E-state index contributed by atoms with van der Waals surface area (Å²) in [5.74, 6) is 0. The summed E-state index contributed by atoms with van der Waals surface area (Å²) in [5.41, 5.74) is 4.54. The van der Waals surface area contributed by atoms with Gasteiger partial charge in [0.05, 0.1) is 0 Å². The first-order valence-electron chi connectivity index (χ1n) is 3.62. The van der Waals surface area contributed by atoms with E-state index in [1.54, 1.807) is 0 Å². The molecule has 0 atom stereocenters. The molecule has 0 spiro atoms. The molecule has 0 amide bonds. The van der Waals surface area contributed by atoms with E-state index in [1.807, 2.05) is 0 Å². The van der Waals surface area contributed by atoms with Crippen LogP contribution in [0.25, 0.3) is 0 Å². The van der Waals surface area contributed by atoms with Gasteiger partial charge in [-0.25, -0.2) is 9.89 Å².